The van der Waals surface area contributed by atoms with Crippen molar-refractivity contribution in [2.75, 3.05) is 19.6 Å². The Morgan fingerprint density at radius 3 is 2.71 bits per heavy atom. The van der Waals surface area contributed by atoms with E-state index in [2.05, 4.69) is 47.9 Å². The number of nitrogens with zero attached hydrogens (tertiary/aromatic N) is 1. The highest BCUT2D eigenvalue weighted by atomic mass is 15.1. The molecule has 0 aromatic heterocycles. The molecule has 2 heteroatoms. The van der Waals surface area contributed by atoms with Gasteiger partial charge in [-0.05, 0) is 56.0 Å². The van der Waals surface area contributed by atoms with Gasteiger partial charge in [0.15, 0.2) is 0 Å². The molecule has 1 saturated heterocycles. The molecule has 2 nitrogen and oxygen atoms in total. The van der Waals surface area contributed by atoms with E-state index in [0.717, 1.165) is 18.0 Å². The van der Waals surface area contributed by atoms with Crippen molar-refractivity contribution in [3.05, 3.63) is 35.4 Å². The third kappa shape index (κ3) is 5.53. The van der Waals surface area contributed by atoms with Gasteiger partial charge < -0.3 is 5.73 Å². The van der Waals surface area contributed by atoms with E-state index in [0.29, 0.717) is 6.54 Å². The van der Waals surface area contributed by atoms with Gasteiger partial charge in [0, 0.05) is 12.1 Å². The summed E-state index contributed by atoms with van der Waals surface area (Å²) in [5.74, 6) is 6.93. The van der Waals surface area contributed by atoms with Crippen LogP contribution in [0.1, 0.15) is 50.2 Å². The molecule has 0 spiro atoms. The van der Waals surface area contributed by atoms with E-state index >= 15 is 0 Å². The fourth-order valence-corrected chi connectivity index (χ4v) is 3.18. The van der Waals surface area contributed by atoms with E-state index in [1.54, 1.807) is 0 Å². The van der Waals surface area contributed by atoms with Gasteiger partial charge in [-0.2, -0.15) is 0 Å². The van der Waals surface area contributed by atoms with Crippen LogP contribution in [0.25, 0.3) is 0 Å². The van der Waals surface area contributed by atoms with Crippen LogP contribution in [0.4, 0.5) is 0 Å². The molecule has 1 aromatic carbocycles. The standard InChI is InChI=1S/C19H28N2/c1-2-5-17-7-4-14-21(15-12-17)16-19-10-8-18(9-11-19)6-3-13-20/h8-11,17H,2,4-5,7,12-16,20H2,1H3. The van der Waals surface area contributed by atoms with Gasteiger partial charge in [-0.25, -0.2) is 0 Å². The number of rotatable bonds is 4. The fourth-order valence-electron chi connectivity index (χ4n) is 3.18. The number of benzene rings is 1. The first-order valence-electron chi connectivity index (χ1n) is 8.32. The van der Waals surface area contributed by atoms with Crippen molar-refractivity contribution < 1.29 is 0 Å². The van der Waals surface area contributed by atoms with Gasteiger partial charge in [0.2, 0.25) is 0 Å². The van der Waals surface area contributed by atoms with Crippen molar-refractivity contribution in [1.82, 2.24) is 4.90 Å². The third-order valence-corrected chi connectivity index (χ3v) is 4.33. The average molecular weight is 284 g/mol. The molecule has 1 unspecified atom stereocenters. The first-order valence-corrected chi connectivity index (χ1v) is 8.32. The van der Waals surface area contributed by atoms with Gasteiger partial charge in [-0.1, -0.05) is 43.7 Å². The Hall–Kier alpha value is -1.30. The lowest BCUT2D eigenvalue weighted by Crippen LogP contribution is -2.24. The van der Waals surface area contributed by atoms with Crippen LogP contribution in [-0.4, -0.2) is 24.5 Å². The van der Waals surface area contributed by atoms with Crippen LogP contribution in [-0.2, 0) is 6.54 Å². The average Bonchev–Trinajstić information content (AvgIpc) is 2.73. The smallest absolute Gasteiger partial charge is 0.0555 e. The molecule has 0 aliphatic carbocycles. The number of likely N-dealkylation sites (tertiary alicyclic amines) is 1. The Balaban J connectivity index is 1.86. The Bertz CT molecular complexity index is 467. The van der Waals surface area contributed by atoms with E-state index in [-0.39, 0.29) is 0 Å². The van der Waals surface area contributed by atoms with Crippen LogP contribution >= 0.6 is 0 Å². The molecule has 1 atom stereocenters. The molecule has 2 rings (SSSR count). The minimum Gasteiger partial charge on any atom is -0.320 e. The molecule has 2 N–H and O–H groups in total. The highest BCUT2D eigenvalue weighted by Gasteiger charge is 2.16. The summed E-state index contributed by atoms with van der Waals surface area (Å²) in [5, 5.41) is 0. The van der Waals surface area contributed by atoms with Crippen molar-refractivity contribution in [2.45, 2.75) is 45.6 Å². The number of hydrogen-bond acceptors (Lipinski definition) is 2. The summed E-state index contributed by atoms with van der Waals surface area (Å²) in [7, 11) is 0. The van der Waals surface area contributed by atoms with Crippen LogP contribution in [0.5, 0.6) is 0 Å². The second-order valence-electron chi connectivity index (χ2n) is 6.06. The zero-order valence-corrected chi connectivity index (χ0v) is 13.3. The predicted molar refractivity (Wildman–Crippen MR) is 89.9 cm³/mol. The van der Waals surface area contributed by atoms with E-state index in [9.17, 15) is 0 Å². The topological polar surface area (TPSA) is 29.3 Å². The lowest BCUT2D eigenvalue weighted by atomic mass is 9.96. The van der Waals surface area contributed by atoms with E-state index < -0.39 is 0 Å². The van der Waals surface area contributed by atoms with Crippen molar-refractivity contribution in [2.24, 2.45) is 11.7 Å². The number of nitrogens with two attached hydrogens (primary N) is 1. The van der Waals surface area contributed by atoms with Gasteiger partial charge in [-0.15, -0.1) is 0 Å². The van der Waals surface area contributed by atoms with E-state index in [1.807, 2.05) is 0 Å². The fraction of sp³-hybridized carbons (Fsp3) is 0.579. The minimum absolute atomic E-state index is 0.425. The molecule has 0 saturated carbocycles. The molecule has 114 valence electrons. The second-order valence-corrected chi connectivity index (χ2v) is 6.06. The summed E-state index contributed by atoms with van der Waals surface area (Å²) in [6, 6.07) is 8.62. The highest BCUT2D eigenvalue weighted by molar-refractivity contribution is 5.36. The molecule has 1 heterocycles. The summed E-state index contributed by atoms with van der Waals surface area (Å²) < 4.78 is 0. The molecule has 1 aliphatic rings. The molecular formula is C19H28N2. The Kier molecular flexibility index (Phi) is 6.79. The summed E-state index contributed by atoms with van der Waals surface area (Å²) in [5.41, 5.74) is 7.85. The summed E-state index contributed by atoms with van der Waals surface area (Å²) >= 11 is 0. The molecule has 0 radical (unpaired) electrons. The molecule has 1 fully saturated rings. The molecule has 0 amide bonds. The van der Waals surface area contributed by atoms with Crippen LogP contribution in [0.2, 0.25) is 0 Å². The predicted octanol–water partition coefficient (Wildman–Crippen LogP) is 3.40. The van der Waals surface area contributed by atoms with Gasteiger partial charge >= 0.3 is 0 Å². The van der Waals surface area contributed by atoms with Crippen LogP contribution in [0.3, 0.4) is 0 Å². The molecule has 1 aromatic rings. The Labute approximate surface area is 129 Å². The normalized spacial score (nSPS) is 19.6. The maximum atomic E-state index is 5.40. The van der Waals surface area contributed by atoms with Gasteiger partial charge in [-0.3, -0.25) is 4.90 Å². The highest BCUT2D eigenvalue weighted by Crippen LogP contribution is 2.22. The number of hydrogen-bond donors (Lipinski definition) is 1. The summed E-state index contributed by atoms with van der Waals surface area (Å²) in [6.07, 6.45) is 6.87. The monoisotopic (exact) mass is 284 g/mol. The molecule has 21 heavy (non-hydrogen) atoms. The van der Waals surface area contributed by atoms with Gasteiger partial charge in [0.05, 0.1) is 6.54 Å². The van der Waals surface area contributed by atoms with Crippen molar-refractivity contribution in [1.29, 1.82) is 0 Å². The summed E-state index contributed by atoms with van der Waals surface area (Å²) in [4.78, 5) is 2.61. The first kappa shape index (κ1) is 16.1. The first-order chi connectivity index (χ1) is 10.3. The zero-order chi connectivity index (χ0) is 14.9. The lowest BCUT2D eigenvalue weighted by Gasteiger charge is -2.20. The second kappa shape index (κ2) is 8.87. The van der Waals surface area contributed by atoms with E-state index in [1.165, 1.54) is 50.8 Å². The van der Waals surface area contributed by atoms with Gasteiger partial charge in [0.25, 0.3) is 0 Å². The van der Waals surface area contributed by atoms with Crippen molar-refractivity contribution in [3.63, 3.8) is 0 Å². The zero-order valence-electron chi connectivity index (χ0n) is 13.3. The van der Waals surface area contributed by atoms with Crippen molar-refractivity contribution >= 4 is 0 Å². The van der Waals surface area contributed by atoms with Crippen LogP contribution in [0.15, 0.2) is 24.3 Å². The Morgan fingerprint density at radius 1 is 1.19 bits per heavy atom. The quantitative estimate of drug-likeness (QED) is 0.859. The molecular weight excluding hydrogens is 256 g/mol. The maximum Gasteiger partial charge on any atom is 0.0555 e. The minimum atomic E-state index is 0.425. The summed E-state index contributed by atoms with van der Waals surface area (Å²) in [6.45, 7) is 6.30. The SMILES string of the molecule is CCCC1CCCN(Cc2ccc(C#CCN)cc2)CC1. The Morgan fingerprint density at radius 2 is 2.00 bits per heavy atom. The molecule has 0 bridgehead atoms. The third-order valence-electron chi connectivity index (χ3n) is 4.33. The molecule has 1 aliphatic heterocycles. The largest absolute Gasteiger partial charge is 0.320 e. The maximum absolute atomic E-state index is 5.40. The van der Waals surface area contributed by atoms with Gasteiger partial charge in [0.1, 0.15) is 0 Å². The van der Waals surface area contributed by atoms with Crippen molar-refractivity contribution in [3.8, 4) is 11.8 Å². The van der Waals surface area contributed by atoms with Crippen LogP contribution in [0, 0.1) is 17.8 Å². The lowest BCUT2D eigenvalue weighted by molar-refractivity contribution is 0.271. The van der Waals surface area contributed by atoms with Crippen LogP contribution < -0.4 is 5.73 Å². The van der Waals surface area contributed by atoms with E-state index in [4.69, 9.17) is 5.73 Å².